The highest BCUT2D eigenvalue weighted by Crippen LogP contribution is 2.43. The Bertz CT molecular complexity index is 2010. The van der Waals surface area contributed by atoms with E-state index in [4.69, 9.17) is 42.4 Å². The van der Waals surface area contributed by atoms with Crippen molar-refractivity contribution < 1.29 is 23.9 Å². The lowest BCUT2D eigenvalue weighted by atomic mass is 9.94. The van der Waals surface area contributed by atoms with Gasteiger partial charge in [0.1, 0.15) is 12.6 Å². The Hall–Kier alpha value is -4.45. The summed E-state index contributed by atoms with van der Waals surface area (Å²) >= 11 is 13.4. The van der Waals surface area contributed by atoms with E-state index in [0.29, 0.717) is 15.6 Å². The number of benzene rings is 3. The smallest absolute Gasteiger partial charge is 0.338 e. The number of carbonyl (C=O) groups is 1. The fraction of sp³-hybridized carbons (Fsp3) is 0.219. The summed E-state index contributed by atoms with van der Waals surface area (Å²) in [5.41, 5.74) is 0.960. The number of fused-ring (bicyclic) bond motifs is 1. The van der Waals surface area contributed by atoms with Crippen LogP contribution in [-0.2, 0) is 16.1 Å². The maximum absolute atomic E-state index is 13.6. The lowest BCUT2D eigenvalue weighted by molar-refractivity contribution is -0.385. The van der Waals surface area contributed by atoms with Crippen molar-refractivity contribution in [3.8, 4) is 11.5 Å². The van der Waals surface area contributed by atoms with Crippen LogP contribution in [-0.4, -0.2) is 28.7 Å². The molecule has 0 bridgehead atoms. The van der Waals surface area contributed by atoms with Crippen molar-refractivity contribution in [2.24, 2.45) is 4.99 Å². The Morgan fingerprint density at radius 3 is 2.47 bits per heavy atom. The first kappa shape index (κ1) is 32.0. The fourth-order valence-electron chi connectivity index (χ4n) is 4.86. The molecule has 0 saturated carbocycles. The Kier molecular flexibility index (Phi) is 9.71. The van der Waals surface area contributed by atoms with Gasteiger partial charge in [0.2, 0.25) is 0 Å². The van der Waals surface area contributed by atoms with Crippen LogP contribution < -0.4 is 24.4 Å². The molecular weight excluding hydrogens is 641 g/mol. The van der Waals surface area contributed by atoms with Gasteiger partial charge in [-0.3, -0.25) is 19.5 Å². The molecule has 0 amide bonds. The summed E-state index contributed by atoms with van der Waals surface area (Å²) in [6.07, 6.45) is 1.60. The first-order valence-electron chi connectivity index (χ1n) is 13.9. The van der Waals surface area contributed by atoms with Gasteiger partial charge in [-0.25, -0.2) is 9.79 Å². The summed E-state index contributed by atoms with van der Waals surface area (Å²) in [6, 6.07) is 15.8. The van der Waals surface area contributed by atoms with Crippen LogP contribution in [0.25, 0.3) is 11.8 Å². The zero-order chi connectivity index (χ0) is 32.2. The van der Waals surface area contributed by atoms with E-state index in [-0.39, 0.29) is 63.2 Å². The standard InChI is InChI=1S/C32H27Cl2N3O7S/c1-4-42-25-15-22(24(37(40)41)16-26(25)44-17-19-9-7-6-8-10-19)29-28(31(39)43-5-2)18(3)36-30(38)27(45-32(36)35-29)13-20-11-12-21(33)14-23(20)34/h6-16,29H,4-5,17H2,1-3H3/b27-13-/t29-/m1/s1. The third-order valence-electron chi connectivity index (χ3n) is 6.91. The minimum Gasteiger partial charge on any atom is -0.490 e. The van der Waals surface area contributed by atoms with Gasteiger partial charge in [0.15, 0.2) is 16.3 Å². The summed E-state index contributed by atoms with van der Waals surface area (Å²) in [7, 11) is 0. The van der Waals surface area contributed by atoms with Gasteiger partial charge in [-0.1, -0.05) is 70.9 Å². The number of aromatic nitrogens is 1. The molecule has 1 aromatic heterocycles. The number of nitro groups is 1. The van der Waals surface area contributed by atoms with E-state index >= 15 is 0 Å². The van der Waals surface area contributed by atoms with Gasteiger partial charge >= 0.3 is 5.97 Å². The quantitative estimate of drug-likeness (QED) is 0.114. The highest BCUT2D eigenvalue weighted by molar-refractivity contribution is 7.07. The average Bonchev–Trinajstić information content (AvgIpc) is 3.32. The van der Waals surface area contributed by atoms with E-state index in [1.807, 2.05) is 30.3 Å². The number of esters is 1. The highest BCUT2D eigenvalue weighted by atomic mass is 35.5. The summed E-state index contributed by atoms with van der Waals surface area (Å²) in [6.45, 7) is 5.43. The Morgan fingerprint density at radius 1 is 1.07 bits per heavy atom. The molecule has 1 atom stereocenters. The van der Waals surface area contributed by atoms with E-state index in [0.717, 1.165) is 16.9 Å². The molecule has 13 heteroatoms. The second kappa shape index (κ2) is 13.7. The van der Waals surface area contributed by atoms with Crippen molar-refractivity contribution in [2.45, 2.75) is 33.4 Å². The van der Waals surface area contributed by atoms with Crippen LogP contribution in [0, 0.1) is 10.1 Å². The molecule has 2 heterocycles. The van der Waals surface area contributed by atoms with Crippen LogP contribution in [0.4, 0.5) is 5.69 Å². The van der Waals surface area contributed by atoms with E-state index in [1.165, 1.54) is 16.7 Å². The minimum absolute atomic E-state index is 0.0103. The number of hydrogen-bond acceptors (Lipinski definition) is 9. The monoisotopic (exact) mass is 667 g/mol. The van der Waals surface area contributed by atoms with Crippen molar-refractivity contribution >= 4 is 58.0 Å². The Morgan fingerprint density at radius 2 is 1.80 bits per heavy atom. The number of allylic oxidation sites excluding steroid dienone is 1. The van der Waals surface area contributed by atoms with Crippen molar-refractivity contribution in [1.82, 2.24) is 4.57 Å². The van der Waals surface area contributed by atoms with Gasteiger partial charge in [0.05, 0.1) is 39.9 Å². The van der Waals surface area contributed by atoms with Gasteiger partial charge in [-0.05, 0) is 56.2 Å². The zero-order valence-electron chi connectivity index (χ0n) is 24.4. The van der Waals surface area contributed by atoms with Gasteiger partial charge in [0.25, 0.3) is 11.2 Å². The second-order valence-corrected chi connectivity index (χ2v) is 11.6. The number of carbonyl (C=O) groups excluding carboxylic acids is 1. The second-order valence-electron chi connectivity index (χ2n) is 9.77. The van der Waals surface area contributed by atoms with Crippen LogP contribution in [0.2, 0.25) is 10.0 Å². The number of halogens is 2. The van der Waals surface area contributed by atoms with Gasteiger partial charge < -0.3 is 14.2 Å². The number of rotatable bonds is 10. The Balaban J connectivity index is 1.71. The SMILES string of the molecule is CCOC(=O)C1=C(C)n2c(s/c(=C\c3ccc(Cl)cc3Cl)c2=O)=N[C@@H]1c1cc(OCC)c(OCc2ccccc2)cc1[N+](=O)[O-]. The summed E-state index contributed by atoms with van der Waals surface area (Å²) in [5.74, 6) is -0.351. The molecule has 1 aliphatic rings. The molecule has 0 spiro atoms. The van der Waals surface area contributed by atoms with E-state index < -0.39 is 22.5 Å². The lowest BCUT2D eigenvalue weighted by Gasteiger charge is -2.23. The fourth-order valence-corrected chi connectivity index (χ4v) is 6.35. The van der Waals surface area contributed by atoms with Gasteiger partial charge in [0, 0.05) is 15.7 Å². The van der Waals surface area contributed by atoms with Gasteiger partial charge in [-0.15, -0.1) is 0 Å². The maximum Gasteiger partial charge on any atom is 0.338 e. The Labute approximate surface area is 271 Å². The molecule has 0 radical (unpaired) electrons. The zero-order valence-corrected chi connectivity index (χ0v) is 26.7. The van der Waals surface area contributed by atoms with Crippen molar-refractivity contribution in [3.05, 3.63) is 123 Å². The van der Waals surface area contributed by atoms with Crippen LogP contribution in [0.5, 0.6) is 11.5 Å². The molecule has 5 rings (SSSR count). The first-order chi connectivity index (χ1) is 21.6. The summed E-state index contributed by atoms with van der Waals surface area (Å²) in [4.78, 5) is 43.9. The number of nitrogens with zero attached hydrogens (tertiary/aromatic N) is 3. The van der Waals surface area contributed by atoms with Crippen LogP contribution in [0.1, 0.15) is 43.5 Å². The van der Waals surface area contributed by atoms with E-state index in [9.17, 15) is 19.7 Å². The molecule has 0 aliphatic carbocycles. The molecule has 0 unspecified atom stereocenters. The predicted octanol–water partition coefficient (Wildman–Crippen LogP) is 6.10. The lowest BCUT2D eigenvalue weighted by Crippen LogP contribution is -2.35. The predicted molar refractivity (Wildman–Crippen MR) is 173 cm³/mol. The van der Waals surface area contributed by atoms with Crippen molar-refractivity contribution in [3.63, 3.8) is 0 Å². The third kappa shape index (κ3) is 6.65. The number of ether oxygens (including phenoxy) is 3. The summed E-state index contributed by atoms with van der Waals surface area (Å²) in [5, 5.41) is 13.3. The molecule has 3 aromatic carbocycles. The topological polar surface area (TPSA) is 122 Å². The normalized spacial score (nSPS) is 14.5. The maximum atomic E-state index is 13.6. The molecule has 1 aliphatic heterocycles. The first-order valence-corrected chi connectivity index (χ1v) is 15.5. The average molecular weight is 669 g/mol. The van der Waals surface area contributed by atoms with E-state index in [1.54, 1.807) is 45.0 Å². The molecular formula is C32H27Cl2N3O7S. The molecule has 10 nitrogen and oxygen atoms in total. The number of hydrogen-bond donors (Lipinski definition) is 0. The molecule has 45 heavy (non-hydrogen) atoms. The van der Waals surface area contributed by atoms with Crippen LogP contribution in [0.3, 0.4) is 0 Å². The largest absolute Gasteiger partial charge is 0.490 e. The molecule has 4 aromatic rings. The third-order valence-corrected chi connectivity index (χ3v) is 8.46. The number of nitro benzene ring substituents is 1. The van der Waals surface area contributed by atoms with E-state index in [2.05, 4.69) is 0 Å². The van der Waals surface area contributed by atoms with Crippen LogP contribution in [0.15, 0.2) is 76.0 Å². The minimum atomic E-state index is -1.18. The molecule has 232 valence electrons. The van der Waals surface area contributed by atoms with Crippen molar-refractivity contribution in [1.29, 1.82) is 0 Å². The molecule has 0 fully saturated rings. The van der Waals surface area contributed by atoms with Gasteiger partial charge in [-0.2, -0.15) is 0 Å². The molecule has 0 N–H and O–H groups in total. The van der Waals surface area contributed by atoms with Crippen molar-refractivity contribution in [2.75, 3.05) is 13.2 Å². The summed E-state index contributed by atoms with van der Waals surface area (Å²) < 4.78 is 18.7. The number of thiazole rings is 1. The highest BCUT2D eigenvalue weighted by Gasteiger charge is 2.36. The molecule has 0 saturated heterocycles. The van der Waals surface area contributed by atoms with Crippen LogP contribution >= 0.6 is 34.5 Å².